The average molecular weight is 226 g/mol. The third-order valence-corrected chi connectivity index (χ3v) is 3.18. The molecule has 0 unspecified atom stereocenters. The molecule has 2 rings (SSSR count). The number of carbonyl (C=O) groups is 2. The zero-order chi connectivity index (χ0) is 10.8. The minimum absolute atomic E-state index is 0.0110. The molecule has 1 N–H and O–H groups in total. The summed E-state index contributed by atoms with van der Waals surface area (Å²) in [5.74, 6) is -1.29. The van der Waals surface area contributed by atoms with Gasteiger partial charge < -0.3 is 10.0 Å². The lowest BCUT2D eigenvalue weighted by atomic mass is 10.2. The van der Waals surface area contributed by atoms with Crippen LogP contribution in [0.5, 0.6) is 0 Å². The topological polar surface area (TPSA) is 70.5 Å². The highest BCUT2D eigenvalue weighted by molar-refractivity contribution is 7.08. The molecule has 0 aliphatic carbocycles. The number of nitrogens with zero attached hydrogens (tertiary/aromatic N) is 2. The largest absolute Gasteiger partial charge is 0.478 e. The normalized spacial score (nSPS) is 15.6. The lowest BCUT2D eigenvalue weighted by molar-refractivity contribution is 0.0683. The predicted octanol–water partition coefficient (Wildman–Crippen LogP) is 1.08. The fourth-order valence-corrected chi connectivity index (χ4v) is 2.32. The smallest absolute Gasteiger partial charge is 0.339 e. The zero-order valence-corrected chi connectivity index (χ0v) is 8.79. The second-order valence-electron chi connectivity index (χ2n) is 3.37. The summed E-state index contributed by atoms with van der Waals surface area (Å²) in [6.07, 6.45) is 3.22. The van der Waals surface area contributed by atoms with Crippen LogP contribution in [0, 0.1) is 0 Å². The van der Waals surface area contributed by atoms with E-state index in [0.717, 1.165) is 37.5 Å². The molecule has 1 fully saturated rings. The van der Waals surface area contributed by atoms with Crippen LogP contribution < -0.4 is 0 Å². The van der Waals surface area contributed by atoms with Crippen LogP contribution in [-0.2, 0) is 0 Å². The summed E-state index contributed by atoms with van der Waals surface area (Å²) >= 11 is 0.951. The lowest BCUT2D eigenvalue weighted by Gasteiger charge is -2.13. The van der Waals surface area contributed by atoms with Gasteiger partial charge in [0.1, 0.15) is 10.4 Å². The maximum Gasteiger partial charge on any atom is 0.339 e. The molecule has 0 atom stereocenters. The highest BCUT2D eigenvalue weighted by atomic mass is 32.1. The second-order valence-corrected chi connectivity index (χ2v) is 4.17. The van der Waals surface area contributed by atoms with Gasteiger partial charge in [-0.2, -0.15) is 4.37 Å². The Bertz CT molecular complexity index is 396. The van der Waals surface area contributed by atoms with Gasteiger partial charge in [0, 0.05) is 13.1 Å². The first-order valence-corrected chi connectivity index (χ1v) is 5.44. The maximum atomic E-state index is 11.9. The van der Waals surface area contributed by atoms with E-state index in [2.05, 4.69) is 4.37 Å². The van der Waals surface area contributed by atoms with Crippen molar-refractivity contribution in [2.45, 2.75) is 12.8 Å². The van der Waals surface area contributed by atoms with Crippen LogP contribution >= 0.6 is 11.5 Å². The van der Waals surface area contributed by atoms with E-state index in [1.54, 1.807) is 4.90 Å². The Labute approximate surface area is 90.5 Å². The van der Waals surface area contributed by atoms with E-state index < -0.39 is 5.97 Å². The summed E-state index contributed by atoms with van der Waals surface area (Å²) in [4.78, 5) is 24.6. The van der Waals surface area contributed by atoms with E-state index in [1.807, 2.05) is 0 Å². The fraction of sp³-hybridized carbons (Fsp3) is 0.444. The molecule has 0 saturated carbocycles. The minimum Gasteiger partial charge on any atom is -0.478 e. The summed E-state index contributed by atoms with van der Waals surface area (Å²) in [5.41, 5.74) is 0.0110. The van der Waals surface area contributed by atoms with Gasteiger partial charge in [0.05, 0.1) is 6.20 Å². The number of rotatable bonds is 2. The summed E-state index contributed by atoms with van der Waals surface area (Å²) in [7, 11) is 0. The Balaban J connectivity index is 2.24. The Morgan fingerprint density at radius 2 is 2.07 bits per heavy atom. The number of likely N-dealkylation sites (tertiary alicyclic amines) is 1. The van der Waals surface area contributed by atoms with Crippen LogP contribution in [0.2, 0.25) is 0 Å². The second kappa shape index (κ2) is 3.98. The van der Waals surface area contributed by atoms with Crippen molar-refractivity contribution in [1.82, 2.24) is 9.27 Å². The van der Waals surface area contributed by atoms with Gasteiger partial charge in [0.2, 0.25) is 0 Å². The van der Waals surface area contributed by atoms with E-state index in [4.69, 9.17) is 5.11 Å². The molecule has 0 radical (unpaired) electrons. The molecule has 0 aromatic carbocycles. The lowest BCUT2D eigenvalue weighted by Crippen LogP contribution is -2.28. The first-order valence-electron chi connectivity index (χ1n) is 4.67. The van der Waals surface area contributed by atoms with E-state index in [1.165, 1.54) is 6.20 Å². The summed E-state index contributed by atoms with van der Waals surface area (Å²) < 4.78 is 3.75. The molecular weight excluding hydrogens is 216 g/mol. The van der Waals surface area contributed by atoms with Crippen molar-refractivity contribution in [2.75, 3.05) is 13.1 Å². The zero-order valence-electron chi connectivity index (χ0n) is 7.97. The standard InChI is InChI=1S/C9H10N2O3S/c12-8(11-3-1-2-4-11)7-6(9(13)14)5-10-15-7/h5H,1-4H2,(H,13,14). The van der Waals surface area contributed by atoms with E-state index in [0.29, 0.717) is 0 Å². The van der Waals surface area contributed by atoms with Gasteiger partial charge in [-0.1, -0.05) is 0 Å². The van der Waals surface area contributed by atoms with Crippen molar-refractivity contribution < 1.29 is 14.7 Å². The first kappa shape index (κ1) is 10.1. The maximum absolute atomic E-state index is 11.9. The number of aromatic carboxylic acids is 1. The number of hydrogen-bond donors (Lipinski definition) is 1. The SMILES string of the molecule is O=C(O)c1cnsc1C(=O)N1CCCC1. The molecule has 0 spiro atoms. The molecule has 15 heavy (non-hydrogen) atoms. The number of amides is 1. The molecule has 1 aliphatic heterocycles. The third-order valence-electron chi connectivity index (χ3n) is 2.39. The Morgan fingerprint density at radius 3 is 2.67 bits per heavy atom. The number of carbonyl (C=O) groups excluding carboxylic acids is 1. The third kappa shape index (κ3) is 1.85. The van der Waals surface area contributed by atoms with E-state index in [9.17, 15) is 9.59 Å². The molecule has 80 valence electrons. The average Bonchev–Trinajstić information content (AvgIpc) is 2.88. The Morgan fingerprint density at radius 1 is 1.40 bits per heavy atom. The van der Waals surface area contributed by atoms with E-state index in [-0.39, 0.29) is 16.3 Å². The van der Waals surface area contributed by atoms with Crippen LogP contribution in [0.4, 0.5) is 0 Å². The summed E-state index contributed by atoms with van der Waals surface area (Å²) in [5, 5.41) is 8.84. The van der Waals surface area contributed by atoms with Gasteiger partial charge in [-0.25, -0.2) is 4.79 Å². The van der Waals surface area contributed by atoms with Gasteiger partial charge in [-0.15, -0.1) is 0 Å². The molecular formula is C9H10N2O3S. The fourth-order valence-electron chi connectivity index (χ4n) is 1.61. The van der Waals surface area contributed by atoms with Crippen LogP contribution in [0.25, 0.3) is 0 Å². The van der Waals surface area contributed by atoms with Crippen LogP contribution in [0.1, 0.15) is 32.9 Å². The molecule has 1 aromatic heterocycles. The van der Waals surface area contributed by atoms with Crippen molar-refractivity contribution in [2.24, 2.45) is 0 Å². The van der Waals surface area contributed by atoms with Gasteiger partial charge in [-0.05, 0) is 24.4 Å². The summed E-state index contributed by atoms with van der Waals surface area (Å²) in [6.45, 7) is 1.44. The van der Waals surface area contributed by atoms with E-state index >= 15 is 0 Å². The van der Waals surface area contributed by atoms with Crippen molar-refractivity contribution in [3.05, 3.63) is 16.6 Å². The van der Waals surface area contributed by atoms with Crippen molar-refractivity contribution in [3.63, 3.8) is 0 Å². The van der Waals surface area contributed by atoms with Gasteiger partial charge in [0.15, 0.2) is 0 Å². The van der Waals surface area contributed by atoms with Crippen molar-refractivity contribution in [1.29, 1.82) is 0 Å². The highest BCUT2D eigenvalue weighted by Crippen LogP contribution is 2.19. The van der Waals surface area contributed by atoms with Crippen molar-refractivity contribution >= 4 is 23.4 Å². The van der Waals surface area contributed by atoms with Gasteiger partial charge in [-0.3, -0.25) is 4.79 Å². The van der Waals surface area contributed by atoms with Crippen LogP contribution in [0.3, 0.4) is 0 Å². The summed E-state index contributed by atoms with van der Waals surface area (Å²) in [6, 6.07) is 0. The molecule has 6 heteroatoms. The Hall–Kier alpha value is -1.43. The Kier molecular flexibility index (Phi) is 2.68. The number of hydrogen-bond acceptors (Lipinski definition) is 4. The van der Waals surface area contributed by atoms with Crippen LogP contribution in [-0.4, -0.2) is 39.3 Å². The van der Waals surface area contributed by atoms with Gasteiger partial charge in [0.25, 0.3) is 5.91 Å². The number of aromatic nitrogens is 1. The number of carboxylic acids is 1. The minimum atomic E-state index is -1.09. The molecule has 1 amide bonds. The highest BCUT2D eigenvalue weighted by Gasteiger charge is 2.25. The molecule has 1 aromatic rings. The molecule has 0 bridgehead atoms. The predicted molar refractivity (Wildman–Crippen MR) is 54.2 cm³/mol. The first-order chi connectivity index (χ1) is 7.20. The van der Waals surface area contributed by atoms with Crippen molar-refractivity contribution in [3.8, 4) is 0 Å². The van der Waals surface area contributed by atoms with Gasteiger partial charge >= 0.3 is 5.97 Å². The number of carboxylic acid groups (broad SMARTS) is 1. The van der Waals surface area contributed by atoms with Crippen LogP contribution in [0.15, 0.2) is 6.20 Å². The monoisotopic (exact) mass is 226 g/mol. The molecule has 1 saturated heterocycles. The molecule has 5 nitrogen and oxygen atoms in total. The molecule has 2 heterocycles. The molecule has 1 aliphatic rings. The quantitative estimate of drug-likeness (QED) is 0.819.